The lowest BCUT2D eigenvalue weighted by molar-refractivity contribution is -0.129. The second kappa shape index (κ2) is 16.6. The predicted octanol–water partition coefficient (Wildman–Crippen LogP) is 4.23. The molecule has 4 aromatic rings. The van der Waals surface area contributed by atoms with Crippen molar-refractivity contribution in [1.82, 2.24) is 16.0 Å². The third-order valence-electron chi connectivity index (χ3n) is 7.23. The van der Waals surface area contributed by atoms with Crippen molar-refractivity contribution < 1.29 is 19.1 Å². The topological polar surface area (TPSA) is 123 Å². The number of hydrogen-bond acceptors (Lipinski definition) is 5. The Kier molecular flexibility index (Phi) is 12.1. The summed E-state index contributed by atoms with van der Waals surface area (Å²) >= 11 is 0. The summed E-state index contributed by atoms with van der Waals surface area (Å²) in [5.74, 6) is -0.642. The molecule has 0 aliphatic rings. The summed E-state index contributed by atoms with van der Waals surface area (Å²) in [5.41, 5.74) is 10.2. The van der Waals surface area contributed by atoms with E-state index in [9.17, 15) is 14.4 Å². The van der Waals surface area contributed by atoms with Crippen LogP contribution in [-0.2, 0) is 33.9 Å². The summed E-state index contributed by atoms with van der Waals surface area (Å²) in [5, 5.41) is 8.73. The maximum absolute atomic E-state index is 13.4. The number of nitrogens with one attached hydrogen (secondary N) is 3. The monoisotopic (exact) mass is 592 g/mol. The van der Waals surface area contributed by atoms with Crippen LogP contribution in [0.3, 0.4) is 0 Å². The summed E-state index contributed by atoms with van der Waals surface area (Å²) in [4.78, 5) is 39.6. The van der Waals surface area contributed by atoms with Crippen molar-refractivity contribution in [2.24, 2.45) is 5.73 Å². The molecule has 0 radical (unpaired) electrons. The largest absolute Gasteiger partial charge is 0.494 e. The van der Waals surface area contributed by atoms with E-state index in [1.807, 2.05) is 116 Å². The number of rotatable bonds is 15. The molecule has 0 aromatic heterocycles. The lowest BCUT2D eigenvalue weighted by atomic mass is 9.90. The number of nitrogens with two attached hydrogens (primary N) is 1. The molecule has 4 aromatic carbocycles. The molecule has 0 spiro atoms. The summed E-state index contributed by atoms with van der Waals surface area (Å²) < 4.78 is 5.55. The van der Waals surface area contributed by atoms with E-state index in [4.69, 9.17) is 10.5 Å². The summed E-state index contributed by atoms with van der Waals surface area (Å²) in [6, 6.07) is 33.4. The molecular formula is C36H40N4O4. The second-order valence-corrected chi connectivity index (χ2v) is 10.4. The van der Waals surface area contributed by atoms with Gasteiger partial charge in [-0.2, -0.15) is 0 Å². The first-order chi connectivity index (χ1) is 21.5. The van der Waals surface area contributed by atoms with Gasteiger partial charge in [-0.05, 0) is 46.9 Å². The Morgan fingerprint density at radius 2 is 1.32 bits per heavy atom. The van der Waals surface area contributed by atoms with E-state index >= 15 is 0 Å². The molecule has 0 heterocycles. The summed E-state index contributed by atoms with van der Waals surface area (Å²) in [6.07, 6.45) is 0.361. The van der Waals surface area contributed by atoms with Gasteiger partial charge in [0.25, 0.3) is 0 Å². The Labute approximate surface area is 259 Å². The molecule has 4 rings (SSSR count). The number of carbonyl (C=O) groups is 3. The highest BCUT2D eigenvalue weighted by Crippen LogP contribution is 2.26. The molecule has 1 unspecified atom stereocenters. The number of ether oxygens (including phenoxy) is 1. The van der Waals surface area contributed by atoms with Crippen molar-refractivity contribution in [3.8, 4) is 5.75 Å². The minimum absolute atomic E-state index is 0.0235. The zero-order chi connectivity index (χ0) is 31.1. The van der Waals surface area contributed by atoms with Crippen molar-refractivity contribution in [3.63, 3.8) is 0 Å². The number of hydrogen-bond donors (Lipinski definition) is 4. The first kappa shape index (κ1) is 32.0. The fraction of sp³-hybridized carbons (Fsp3) is 0.250. The van der Waals surface area contributed by atoms with E-state index in [1.54, 1.807) is 0 Å². The fourth-order valence-corrected chi connectivity index (χ4v) is 4.90. The van der Waals surface area contributed by atoms with Gasteiger partial charge in [0.2, 0.25) is 17.7 Å². The van der Waals surface area contributed by atoms with E-state index in [1.165, 1.54) is 0 Å². The Balaban J connectivity index is 1.37. The van der Waals surface area contributed by atoms with Gasteiger partial charge in [-0.1, -0.05) is 97.1 Å². The van der Waals surface area contributed by atoms with Gasteiger partial charge in [0.1, 0.15) is 11.8 Å². The van der Waals surface area contributed by atoms with E-state index in [2.05, 4.69) is 16.0 Å². The third-order valence-corrected chi connectivity index (χ3v) is 7.23. The zero-order valence-electron chi connectivity index (χ0n) is 25.0. The van der Waals surface area contributed by atoms with Crippen LogP contribution in [0.15, 0.2) is 109 Å². The molecule has 44 heavy (non-hydrogen) atoms. The van der Waals surface area contributed by atoms with E-state index in [0.29, 0.717) is 26.1 Å². The van der Waals surface area contributed by atoms with E-state index in [-0.39, 0.29) is 30.7 Å². The van der Waals surface area contributed by atoms with Crippen molar-refractivity contribution >= 4 is 17.7 Å². The van der Waals surface area contributed by atoms with Crippen LogP contribution in [0, 0.1) is 0 Å². The van der Waals surface area contributed by atoms with Gasteiger partial charge in [0.15, 0.2) is 0 Å². The highest BCUT2D eigenvalue weighted by molar-refractivity contribution is 5.89. The van der Waals surface area contributed by atoms with Crippen LogP contribution >= 0.6 is 0 Å². The van der Waals surface area contributed by atoms with Gasteiger partial charge in [-0.3, -0.25) is 14.4 Å². The Morgan fingerprint density at radius 1 is 0.705 bits per heavy atom. The molecule has 0 bridgehead atoms. The van der Waals surface area contributed by atoms with Gasteiger partial charge >= 0.3 is 0 Å². The maximum atomic E-state index is 13.4. The highest BCUT2D eigenvalue weighted by atomic mass is 16.5. The molecule has 0 fully saturated rings. The molecule has 8 heteroatoms. The smallest absolute Gasteiger partial charge is 0.243 e. The molecule has 0 aliphatic carbocycles. The molecule has 228 valence electrons. The van der Waals surface area contributed by atoms with Gasteiger partial charge in [0.05, 0.1) is 12.5 Å². The lowest BCUT2D eigenvalue weighted by Crippen LogP contribution is -2.48. The van der Waals surface area contributed by atoms with Crippen LogP contribution in [0.5, 0.6) is 5.75 Å². The zero-order valence-corrected chi connectivity index (χ0v) is 25.0. The summed E-state index contributed by atoms with van der Waals surface area (Å²) in [6.45, 7) is 3.38. The van der Waals surface area contributed by atoms with Gasteiger partial charge in [-0.25, -0.2) is 0 Å². The number of carbonyl (C=O) groups excluding carboxylic acids is 3. The van der Waals surface area contributed by atoms with Crippen molar-refractivity contribution in [1.29, 1.82) is 0 Å². The first-order valence-electron chi connectivity index (χ1n) is 14.9. The molecule has 3 amide bonds. The Morgan fingerprint density at radius 3 is 1.95 bits per heavy atom. The minimum Gasteiger partial charge on any atom is -0.494 e. The van der Waals surface area contributed by atoms with Gasteiger partial charge in [-0.15, -0.1) is 0 Å². The van der Waals surface area contributed by atoms with Gasteiger partial charge in [0, 0.05) is 32.5 Å². The van der Waals surface area contributed by atoms with Crippen LogP contribution in [0.4, 0.5) is 0 Å². The Bertz CT molecular complexity index is 1480. The lowest BCUT2D eigenvalue weighted by Gasteiger charge is -2.20. The molecule has 2 atom stereocenters. The highest BCUT2D eigenvalue weighted by Gasteiger charge is 2.24. The van der Waals surface area contributed by atoms with Crippen LogP contribution in [0.25, 0.3) is 0 Å². The maximum Gasteiger partial charge on any atom is 0.243 e. The van der Waals surface area contributed by atoms with Crippen molar-refractivity contribution in [2.75, 3.05) is 13.2 Å². The van der Waals surface area contributed by atoms with Crippen LogP contribution in [0.2, 0.25) is 0 Å². The van der Waals surface area contributed by atoms with E-state index in [0.717, 1.165) is 33.6 Å². The van der Waals surface area contributed by atoms with Crippen LogP contribution in [0.1, 0.15) is 47.1 Å². The minimum atomic E-state index is -0.773. The number of amides is 3. The van der Waals surface area contributed by atoms with E-state index < -0.39 is 12.0 Å². The SMILES string of the molecule is CCOc1ccc(C(C(=O)NCCC(=O)N[C@@H](Cc2ccccc2)C(=O)NCc2ccc(CN)cc2)c2ccccc2)cc1. The molecule has 0 aliphatic heterocycles. The molecular weight excluding hydrogens is 552 g/mol. The standard InChI is InChI=1S/C36H40N4O4/c1-2-44-31-19-17-30(18-20-31)34(29-11-7-4-8-12-29)36(43)38-22-21-33(41)40-32(23-26-9-5-3-6-10-26)35(42)39-25-28-15-13-27(24-37)14-16-28/h3-20,32,34H,2,21-25,37H2,1H3,(H,38,43)(H,39,42)(H,40,41)/t32-,34?/m0/s1. The average molecular weight is 593 g/mol. The normalized spacial score (nSPS) is 12.0. The van der Waals surface area contributed by atoms with Crippen molar-refractivity contribution in [3.05, 3.63) is 137 Å². The number of benzene rings is 4. The third kappa shape index (κ3) is 9.54. The summed E-state index contributed by atoms with van der Waals surface area (Å²) in [7, 11) is 0. The quantitative estimate of drug-likeness (QED) is 0.165. The van der Waals surface area contributed by atoms with Crippen LogP contribution < -0.4 is 26.4 Å². The fourth-order valence-electron chi connectivity index (χ4n) is 4.90. The molecule has 0 saturated carbocycles. The molecule has 0 saturated heterocycles. The van der Waals surface area contributed by atoms with Crippen LogP contribution in [-0.4, -0.2) is 36.9 Å². The molecule has 5 N–H and O–H groups in total. The molecule has 8 nitrogen and oxygen atoms in total. The predicted molar refractivity (Wildman–Crippen MR) is 172 cm³/mol. The Hall–Kier alpha value is -4.95. The van der Waals surface area contributed by atoms with Gasteiger partial charge < -0.3 is 26.4 Å². The van der Waals surface area contributed by atoms with Crippen molar-refractivity contribution in [2.45, 2.75) is 44.8 Å². The average Bonchev–Trinajstić information content (AvgIpc) is 3.05. The second-order valence-electron chi connectivity index (χ2n) is 10.4. The first-order valence-corrected chi connectivity index (χ1v) is 14.9.